The van der Waals surface area contributed by atoms with Gasteiger partial charge in [0.05, 0.1) is 5.69 Å². The average molecular weight is 452 g/mol. The van der Waals surface area contributed by atoms with Gasteiger partial charge in [0.1, 0.15) is 5.52 Å². The molecule has 2 aromatic rings. The topological polar surface area (TPSA) is 95.1 Å². The van der Waals surface area contributed by atoms with E-state index in [2.05, 4.69) is 5.32 Å². The van der Waals surface area contributed by atoms with Gasteiger partial charge < -0.3 is 15.8 Å². The van der Waals surface area contributed by atoms with E-state index in [9.17, 15) is 4.79 Å². The van der Waals surface area contributed by atoms with Crippen LogP contribution in [0.15, 0.2) is 34.8 Å². The first kappa shape index (κ1) is 23.5. The van der Waals surface area contributed by atoms with E-state index in [-0.39, 0.29) is 11.6 Å². The lowest BCUT2D eigenvalue weighted by molar-refractivity contribution is 0.0649. The molecule has 3 N–H and O–H groups in total. The number of rotatable bonds is 7. The molecule has 3 heterocycles. The number of fused-ring (bicyclic) bond motifs is 1. The van der Waals surface area contributed by atoms with E-state index in [4.69, 9.17) is 20.4 Å². The standard InChI is InChI=1S/C26H37N5O2/c1-18(8-9-19(2)27)22-10-11-23-25(30-22)31(21-6-4-3-5-7-21)26(32)24(29-23)28-15-12-20-13-16-33-17-14-20/h8-11,20-21H,3-7,12-17,27H2,1-2H3,(H,28,29)/b18-8+,19-9-. The van der Waals surface area contributed by atoms with Gasteiger partial charge in [0.25, 0.3) is 5.56 Å². The molecule has 0 bridgehead atoms. The van der Waals surface area contributed by atoms with Gasteiger partial charge in [-0.2, -0.15) is 0 Å². The van der Waals surface area contributed by atoms with Crippen LogP contribution in [-0.2, 0) is 4.74 Å². The quantitative estimate of drug-likeness (QED) is 0.588. The third-order valence-corrected chi connectivity index (χ3v) is 6.86. The highest BCUT2D eigenvalue weighted by atomic mass is 16.5. The molecule has 0 unspecified atom stereocenters. The number of pyridine rings is 1. The van der Waals surface area contributed by atoms with Crippen molar-refractivity contribution in [3.63, 3.8) is 0 Å². The lowest BCUT2D eigenvalue weighted by atomic mass is 9.95. The largest absolute Gasteiger partial charge is 0.402 e. The van der Waals surface area contributed by atoms with Crippen LogP contribution in [0.25, 0.3) is 16.7 Å². The molecule has 1 saturated carbocycles. The predicted octanol–water partition coefficient (Wildman–Crippen LogP) is 4.79. The SMILES string of the molecule is C/C(N)=C/C=C(\C)c1ccc2nc(NCCC3CCOCC3)c(=O)n(C3CCCCC3)c2n1. The molecule has 33 heavy (non-hydrogen) atoms. The first-order valence-electron chi connectivity index (χ1n) is 12.4. The number of anilines is 1. The van der Waals surface area contributed by atoms with Gasteiger partial charge in [-0.05, 0) is 75.7 Å². The fraction of sp³-hybridized carbons (Fsp3) is 0.577. The molecular weight excluding hydrogens is 414 g/mol. The molecule has 0 radical (unpaired) electrons. The zero-order valence-electron chi connectivity index (χ0n) is 20.0. The lowest BCUT2D eigenvalue weighted by Gasteiger charge is -2.26. The first-order valence-corrected chi connectivity index (χ1v) is 12.4. The van der Waals surface area contributed by atoms with Crippen molar-refractivity contribution in [1.82, 2.24) is 14.5 Å². The number of hydrogen-bond acceptors (Lipinski definition) is 6. The molecular formula is C26H37N5O2. The Morgan fingerprint density at radius 3 is 2.61 bits per heavy atom. The van der Waals surface area contributed by atoms with E-state index in [0.29, 0.717) is 17.4 Å². The van der Waals surface area contributed by atoms with Gasteiger partial charge in [-0.15, -0.1) is 0 Å². The van der Waals surface area contributed by atoms with Crippen LogP contribution >= 0.6 is 0 Å². The van der Waals surface area contributed by atoms with Crippen LogP contribution in [0.1, 0.15) is 76.9 Å². The maximum absolute atomic E-state index is 13.6. The number of nitrogens with one attached hydrogen (secondary N) is 1. The van der Waals surface area contributed by atoms with Crippen molar-refractivity contribution in [2.45, 2.75) is 71.3 Å². The minimum absolute atomic E-state index is 0.0506. The van der Waals surface area contributed by atoms with Crippen molar-refractivity contribution < 1.29 is 4.74 Å². The van der Waals surface area contributed by atoms with Crippen molar-refractivity contribution in [3.8, 4) is 0 Å². The van der Waals surface area contributed by atoms with E-state index >= 15 is 0 Å². The van der Waals surface area contributed by atoms with Crippen LogP contribution in [0, 0.1) is 5.92 Å². The fourth-order valence-corrected chi connectivity index (χ4v) is 4.87. The monoisotopic (exact) mass is 451 g/mol. The van der Waals surface area contributed by atoms with Gasteiger partial charge in [-0.1, -0.05) is 25.3 Å². The molecule has 1 saturated heterocycles. The lowest BCUT2D eigenvalue weighted by Crippen LogP contribution is -2.31. The third-order valence-electron chi connectivity index (χ3n) is 6.86. The summed E-state index contributed by atoms with van der Waals surface area (Å²) >= 11 is 0. The smallest absolute Gasteiger partial charge is 0.295 e. The highest BCUT2D eigenvalue weighted by Crippen LogP contribution is 2.30. The summed E-state index contributed by atoms with van der Waals surface area (Å²) in [6.45, 7) is 6.31. The summed E-state index contributed by atoms with van der Waals surface area (Å²) in [5, 5.41) is 3.36. The van der Waals surface area contributed by atoms with Crippen molar-refractivity contribution in [1.29, 1.82) is 0 Å². The summed E-state index contributed by atoms with van der Waals surface area (Å²) in [7, 11) is 0. The first-order chi connectivity index (χ1) is 16.0. The number of nitrogens with two attached hydrogens (primary N) is 1. The Kier molecular flexibility index (Phi) is 7.81. The highest BCUT2D eigenvalue weighted by Gasteiger charge is 2.22. The van der Waals surface area contributed by atoms with Crippen LogP contribution in [0.5, 0.6) is 0 Å². The van der Waals surface area contributed by atoms with Crippen LogP contribution in [0.3, 0.4) is 0 Å². The highest BCUT2D eigenvalue weighted by molar-refractivity contribution is 5.76. The van der Waals surface area contributed by atoms with E-state index < -0.39 is 0 Å². The second kappa shape index (κ2) is 11.0. The van der Waals surface area contributed by atoms with Crippen LogP contribution in [0.4, 0.5) is 5.82 Å². The molecule has 0 spiro atoms. The van der Waals surface area contributed by atoms with Crippen LogP contribution in [-0.4, -0.2) is 34.3 Å². The molecule has 2 fully saturated rings. The Morgan fingerprint density at radius 2 is 1.88 bits per heavy atom. The van der Waals surface area contributed by atoms with Crippen molar-refractivity contribution in [2.75, 3.05) is 25.1 Å². The number of ether oxygens (including phenoxy) is 1. The fourth-order valence-electron chi connectivity index (χ4n) is 4.87. The maximum Gasteiger partial charge on any atom is 0.295 e. The van der Waals surface area contributed by atoms with Gasteiger partial charge in [0.2, 0.25) is 0 Å². The summed E-state index contributed by atoms with van der Waals surface area (Å²) in [5.74, 6) is 1.10. The third kappa shape index (κ3) is 5.82. The Balaban J connectivity index is 1.67. The molecule has 7 nitrogen and oxygen atoms in total. The summed E-state index contributed by atoms with van der Waals surface area (Å²) in [6.07, 6.45) is 12.6. The maximum atomic E-state index is 13.6. The Hall–Kier alpha value is -2.67. The zero-order chi connectivity index (χ0) is 23.2. The number of nitrogens with zero attached hydrogens (tertiary/aromatic N) is 3. The zero-order valence-corrected chi connectivity index (χ0v) is 20.0. The average Bonchev–Trinajstić information content (AvgIpc) is 2.84. The Labute approximate surface area is 196 Å². The molecule has 4 rings (SSSR count). The second-order valence-corrected chi connectivity index (χ2v) is 9.50. The van der Waals surface area contributed by atoms with E-state index in [1.165, 1.54) is 6.42 Å². The molecule has 7 heteroatoms. The predicted molar refractivity (Wildman–Crippen MR) is 134 cm³/mol. The molecule has 2 aliphatic rings. The van der Waals surface area contributed by atoms with Crippen LogP contribution in [0.2, 0.25) is 0 Å². The molecule has 178 valence electrons. The Morgan fingerprint density at radius 1 is 1.12 bits per heavy atom. The summed E-state index contributed by atoms with van der Waals surface area (Å²) in [5.41, 5.74) is 9.76. The van der Waals surface area contributed by atoms with Crippen LogP contribution < -0.4 is 16.6 Å². The van der Waals surface area contributed by atoms with Gasteiger partial charge >= 0.3 is 0 Å². The summed E-state index contributed by atoms with van der Waals surface area (Å²) in [6, 6.07) is 4.13. The normalized spacial score (nSPS) is 19.2. The van der Waals surface area contributed by atoms with Gasteiger partial charge in [0, 0.05) is 31.5 Å². The molecule has 1 aliphatic carbocycles. The van der Waals surface area contributed by atoms with Gasteiger partial charge in [-0.25, -0.2) is 9.97 Å². The van der Waals surface area contributed by atoms with E-state index in [1.54, 1.807) is 0 Å². The minimum Gasteiger partial charge on any atom is -0.402 e. The minimum atomic E-state index is -0.0506. The van der Waals surface area contributed by atoms with Crippen molar-refractivity contribution >= 4 is 22.6 Å². The molecule has 1 aliphatic heterocycles. The van der Waals surface area contributed by atoms with Crippen molar-refractivity contribution in [2.24, 2.45) is 11.7 Å². The number of aromatic nitrogens is 3. The van der Waals surface area contributed by atoms with E-state index in [0.717, 1.165) is 87.2 Å². The molecule has 0 atom stereocenters. The molecule has 0 aromatic carbocycles. The number of hydrogen-bond donors (Lipinski definition) is 2. The summed E-state index contributed by atoms with van der Waals surface area (Å²) in [4.78, 5) is 23.2. The van der Waals surface area contributed by atoms with Gasteiger partial charge in [-0.3, -0.25) is 9.36 Å². The van der Waals surface area contributed by atoms with E-state index in [1.807, 2.05) is 42.7 Å². The van der Waals surface area contributed by atoms with Crippen molar-refractivity contribution in [3.05, 3.63) is 46.0 Å². The Bertz CT molecular complexity index is 1070. The number of allylic oxidation sites excluding steroid dienone is 4. The molecule has 2 aromatic heterocycles. The second-order valence-electron chi connectivity index (χ2n) is 9.50. The van der Waals surface area contributed by atoms with Gasteiger partial charge in [0.15, 0.2) is 11.5 Å². The molecule has 0 amide bonds. The summed E-state index contributed by atoms with van der Waals surface area (Å²) < 4.78 is 7.38.